The topological polar surface area (TPSA) is 66.8 Å². The summed E-state index contributed by atoms with van der Waals surface area (Å²) < 4.78 is 5.78. The number of Topliss-reactive ketones (excluding diaryl/α,β-unsaturated/α-hetero) is 1. The smallest absolute Gasteiger partial charge is 0.192 e. The SMILES string of the molecule is C[C@@]12CC[C@@H]3[C@H](CC[C@@H]4C[C@H](O)[C@]5(O)C[C@@]43CO5)[C@@H]1CC(=O)C2. The molecule has 8 atom stereocenters. The van der Waals surface area contributed by atoms with Crippen LogP contribution in [0.2, 0.25) is 0 Å². The van der Waals surface area contributed by atoms with Crippen molar-refractivity contribution in [2.75, 3.05) is 6.61 Å². The Morgan fingerprint density at radius 3 is 2.87 bits per heavy atom. The van der Waals surface area contributed by atoms with E-state index >= 15 is 0 Å². The lowest BCUT2D eigenvalue weighted by Crippen LogP contribution is -2.57. The van der Waals surface area contributed by atoms with Gasteiger partial charge in [-0.3, -0.25) is 4.79 Å². The maximum absolute atomic E-state index is 12.1. The van der Waals surface area contributed by atoms with Crippen molar-refractivity contribution in [3.8, 4) is 0 Å². The average molecular weight is 320 g/mol. The molecule has 4 saturated carbocycles. The number of carbonyl (C=O) groups is 1. The highest BCUT2D eigenvalue weighted by atomic mass is 16.6. The van der Waals surface area contributed by atoms with Crippen molar-refractivity contribution in [3.05, 3.63) is 0 Å². The van der Waals surface area contributed by atoms with Gasteiger partial charge in [0.25, 0.3) is 0 Å². The van der Waals surface area contributed by atoms with Gasteiger partial charge in [0, 0.05) is 24.7 Å². The fraction of sp³-hybridized carbons (Fsp3) is 0.947. The maximum atomic E-state index is 12.1. The Kier molecular flexibility index (Phi) is 2.83. The molecule has 5 rings (SSSR count). The quantitative estimate of drug-likeness (QED) is 0.718. The van der Waals surface area contributed by atoms with Crippen LogP contribution in [-0.4, -0.2) is 34.5 Å². The van der Waals surface area contributed by atoms with Gasteiger partial charge in [0.1, 0.15) is 11.9 Å². The van der Waals surface area contributed by atoms with Crippen LogP contribution in [0.3, 0.4) is 0 Å². The van der Waals surface area contributed by atoms with Crippen LogP contribution in [0.1, 0.15) is 58.3 Å². The zero-order valence-electron chi connectivity index (χ0n) is 14.0. The largest absolute Gasteiger partial charge is 0.388 e. The average Bonchev–Trinajstić information content (AvgIpc) is 2.97. The predicted molar refractivity (Wildman–Crippen MR) is 83.4 cm³/mol. The Balaban J connectivity index is 1.51. The van der Waals surface area contributed by atoms with Crippen LogP contribution in [0.4, 0.5) is 0 Å². The van der Waals surface area contributed by atoms with E-state index in [1.807, 2.05) is 0 Å². The number of ether oxygens (including phenoxy) is 1. The van der Waals surface area contributed by atoms with Gasteiger partial charge < -0.3 is 14.9 Å². The molecule has 0 amide bonds. The number of aliphatic hydroxyl groups excluding tert-OH is 1. The van der Waals surface area contributed by atoms with Gasteiger partial charge in [-0.25, -0.2) is 0 Å². The lowest BCUT2D eigenvalue weighted by molar-refractivity contribution is -0.242. The summed E-state index contributed by atoms with van der Waals surface area (Å²) in [6, 6.07) is 0. The molecule has 5 fully saturated rings. The highest BCUT2D eigenvalue weighted by Crippen LogP contribution is 2.68. The number of hydrogen-bond acceptors (Lipinski definition) is 4. The van der Waals surface area contributed by atoms with Gasteiger partial charge in [0.05, 0.1) is 6.61 Å². The van der Waals surface area contributed by atoms with Crippen molar-refractivity contribution in [2.24, 2.45) is 34.5 Å². The van der Waals surface area contributed by atoms with E-state index in [0.717, 1.165) is 32.1 Å². The first-order valence-corrected chi connectivity index (χ1v) is 9.42. The Labute approximate surface area is 137 Å². The first-order valence-electron chi connectivity index (χ1n) is 9.42. The van der Waals surface area contributed by atoms with Crippen molar-refractivity contribution in [1.82, 2.24) is 0 Å². The molecular formula is C19H28O4. The second-order valence-electron chi connectivity index (χ2n) is 9.56. The summed E-state index contributed by atoms with van der Waals surface area (Å²) in [5.41, 5.74) is 0.259. The molecule has 0 radical (unpaired) electrons. The van der Waals surface area contributed by atoms with Gasteiger partial charge in [-0.15, -0.1) is 0 Å². The molecular weight excluding hydrogens is 292 g/mol. The predicted octanol–water partition coefficient (Wildman–Crippen LogP) is 2.27. The minimum atomic E-state index is -1.31. The van der Waals surface area contributed by atoms with Crippen molar-refractivity contribution in [1.29, 1.82) is 0 Å². The molecule has 1 spiro atoms. The standard InChI is InChI=1S/C19H28O4/c1-17-5-4-14-13(15(17)7-12(20)8-17)3-2-11-6-16(21)19(22)9-18(11,14)10-23-19/h11,13-16,21-22H,2-10H2,1H3/t11-,13+,14-,15+,16+,17+,18-,19+/m1/s1. The molecule has 0 aromatic rings. The molecule has 4 heteroatoms. The molecule has 0 unspecified atom stereocenters. The molecule has 1 saturated heterocycles. The van der Waals surface area contributed by atoms with Crippen molar-refractivity contribution >= 4 is 5.78 Å². The summed E-state index contributed by atoms with van der Waals surface area (Å²) in [6.07, 6.45) is 6.71. The van der Waals surface area contributed by atoms with E-state index < -0.39 is 11.9 Å². The fourth-order valence-corrected chi connectivity index (χ4v) is 7.52. The molecule has 1 heterocycles. The van der Waals surface area contributed by atoms with Crippen LogP contribution in [0.15, 0.2) is 0 Å². The highest BCUT2D eigenvalue weighted by molar-refractivity contribution is 5.82. The summed E-state index contributed by atoms with van der Waals surface area (Å²) in [5, 5.41) is 21.0. The molecule has 128 valence electrons. The first kappa shape index (κ1) is 14.9. The third kappa shape index (κ3) is 1.75. The van der Waals surface area contributed by atoms with Crippen LogP contribution >= 0.6 is 0 Å². The second-order valence-corrected chi connectivity index (χ2v) is 9.56. The Morgan fingerprint density at radius 2 is 2.04 bits per heavy atom. The van der Waals surface area contributed by atoms with Gasteiger partial charge in [-0.2, -0.15) is 0 Å². The molecule has 5 aliphatic rings. The first-order chi connectivity index (χ1) is 10.9. The fourth-order valence-electron chi connectivity index (χ4n) is 7.52. The molecule has 2 bridgehead atoms. The maximum Gasteiger partial charge on any atom is 0.192 e. The summed E-state index contributed by atoms with van der Waals surface area (Å²) in [6.45, 7) is 2.93. The Hall–Kier alpha value is -0.450. The highest BCUT2D eigenvalue weighted by Gasteiger charge is 2.68. The summed E-state index contributed by atoms with van der Waals surface area (Å²) >= 11 is 0. The molecule has 0 aromatic heterocycles. The molecule has 4 aliphatic carbocycles. The second kappa shape index (κ2) is 4.39. The number of fused-ring (bicyclic) bond motifs is 4. The normalized spacial score (nSPS) is 61.0. The lowest BCUT2D eigenvalue weighted by atomic mass is 9.45. The van der Waals surface area contributed by atoms with Gasteiger partial charge in [0.15, 0.2) is 5.79 Å². The third-order valence-corrected chi connectivity index (χ3v) is 8.61. The summed E-state index contributed by atoms with van der Waals surface area (Å²) in [4.78, 5) is 12.1. The van der Waals surface area contributed by atoms with Crippen LogP contribution < -0.4 is 0 Å². The van der Waals surface area contributed by atoms with E-state index in [1.54, 1.807) is 0 Å². The van der Waals surface area contributed by atoms with Gasteiger partial charge in [-0.05, 0) is 61.2 Å². The van der Waals surface area contributed by atoms with E-state index in [0.29, 0.717) is 48.9 Å². The number of hydrogen-bond donors (Lipinski definition) is 2. The van der Waals surface area contributed by atoms with E-state index in [2.05, 4.69) is 6.92 Å². The summed E-state index contributed by atoms with van der Waals surface area (Å²) in [7, 11) is 0. The molecule has 4 nitrogen and oxygen atoms in total. The number of ketones is 1. The molecule has 2 N–H and O–H groups in total. The molecule has 0 aromatic carbocycles. The number of carbonyl (C=O) groups excluding carboxylic acids is 1. The van der Waals surface area contributed by atoms with E-state index in [9.17, 15) is 15.0 Å². The van der Waals surface area contributed by atoms with Crippen molar-refractivity contribution in [2.45, 2.75) is 70.2 Å². The zero-order valence-corrected chi connectivity index (χ0v) is 14.0. The van der Waals surface area contributed by atoms with Crippen LogP contribution in [0, 0.1) is 34.5 Å². The Bertz CT molecular complexity index is 562. The van der Waals surface area contributed by atoms with E-state index in [-0.39, 0.29) is 10.8 Å². The Morgan fingerprint density at radius 1 is 1.22 bits per heavy atom. The monoisotopic (exact) mass is 320 g/mol. The third-order valence-electron chi connectivity index (χ3n) is 8.61. The van der Waals surface area contributed by atoms with Crippen LogP contribution in [0.5, 0.6) is 0 Å². The number of aliphatic hydroxyl groups is 2. The molecule has 23 heavy (non-hydrogen) atoms. The zero-order chi connectivity index (χ0) is 16.0. The lowest BCUT2D eigenvalue weighted by Gasteiger charge is -2.59. The van der Waals surface area contributed by atoms with Crippen molar-refractivity contribution < 1.29 is 19.7 Å². The van der Waals surface area contributed by atoms with Gasteiger partial charge >= 0.3 is 0 Å². The van der Waals surface area contributed by atoms with Gasteiger partial charge in [0.2, 0.25) is 0 Å². The minimum absolute atomic E-state index is 0.0455. The van der Waals surface area contributed by atoms with Crippen molar-refractivity contribution in [3.63, 3.8) is 0 Å². The van der Waals surface area contributed by atoms with Crippen LogP contribution in [-0.2, 0) is 9.53 Å². The number of rotatable bonds is 0. The summed E-state index contributed by atoms with van der Waals surface area (Å²) in [5.74, 6) is 1.32. The van der Waals surface area contributed by atoms with E-state index in [4.69, 9.17) is 4.74 Å². The van der Waals surface area contributed by atoms with Gasteiger partial charge in [-0.1, -0.05) is 6.92 Å². The minimum Gasteiger partial charge on any atom is -0.388 e. The van der Waals surface area contributed by atoms with E-state index in [1.165, 1.54) is 6.42 Å². The van der Waals surface area contributed by atoms with Crippen LogP contribution in [0.25, 0.3) is 0 Å². The molecule has 1 aliphatic heterocycles.